The molecule has 1 saturated carbocycles. The van der Waals surface area contributed by atoms with E-state index in [9.17, 15) is 27.9 Å². The van der Waals surface area contributed by atoms with Crippen LogP contribution in [0, 0.1) is 0 Å². The molecule has 1 aromatic carbocycles. The van der Waals surface area contributed by atoms with E-state index in [4.69, 9.17) is 16.3 Å². The van der Waals surface area contributed by atoms with Gasteiger partial charge in [0.05, 0.1) is 30.1 Å². The number of aliphatic hydroxyl groups is 1. The van der Waals surface area contributed by atoms with E-state index in [2.05, 4.69) is 20.6 Å². The van der Waals surface area contributed by atoms with Crippen molar-refractivity contribution in [2.75, 3.05) is 0 Å². The van der Waals surface area contributed by atoms with Gasteiger partial charge in [-0.15, -0.1) is 0 Å². The summed E-state index contributed by atoms with van der Waals surface area (Å²) in [5, 5.41) is 15.2. The molecule has 0 spiro atoms. The summed E-state index contributed by atoms with van der Waals surface area (Å²) in [5.41, 5.74) is -1.22. The Morgan fingerprint density at radius 3 is 2.51 bits per heavy atom. The van der Waals surface area contributed by atoms with Gasteiger partial charge in [-0.1, -0.05) is 17.7 Å². The average molecular weight is 535 g/mol. The zero-order valence-electron chi connectivity index (χ0n) is 19.5. The molecule has 1 aliphatic rings. The number of pyridine rings is 2. The van der Waals surface area contributed by atoms with Gasteiger partial charge in [-0.2, -0.15) is 13.2 Å². The lowest BCUT2D eigenvalue weighted by atomic mass is 10.1. The van der Waals surface area contributed by atoms with Gasteiger partial charge in [0.1, 0.15) is 22.2 Å². The Hall–Kier alpha value is -3.70. The van der Waals surface area contributed by atoms with Crippen molar-refractivity contribution in [3.63, 3.8) is 0 Å². The molecule has 1 fully saturated rings. The fraction of sp³-hybridized carbons (Fsp3) is 0.280. The molecule has 8 nitrogen and oxygen atoms in total. The normalized spacial score (nSPS) is 15.0. The summed E-state index contributed by atoms with van der Waals surface area (Å²) in [6.45, 7) is 1.40. The number of benzene rings is 1. The lowest BCUT2D eigenvalue weighted by Gasteiger charge is -2.17. The van der Waals surface area contributed by atoms with E-state index in [0.29, 0.717) is 18.5 Å². The highest BCUT2D eigenvalue weighted by atomic mass is 35.5. The summed E-state index contributed by atoms with van der Waals surface area (Å²) in [5.74, 6) is -1.19. The Morgan fingerprint density at radius 1 is 1.16 bits per heavy atom. The van der Waals surface area contributed by atoms with Crippen LogP contribution in [-0.2, 0) is 17.5 Å². The Kier molecular flexibility index (Phi) is 7.37. The molecule has 0 aliphatic heterocycles. The Labute approximate surface area is 214 Å². The van der Waals surface area contributed by atoms with E-state index < -0.39 is 35.0 Å². The largest absolute Gasteiger partial charge is 0.455 e. The van der Waals surface area contributed by atoms with E-state index >= 15 is 0 Å². The number of amides is 2. The van der Waals surface area contributed by atoms with Crippen molar-refractivity contribution in [1.29, 1.82) is 0 Å². The second-order valence-electron chi connectivity index (χ2n) is 8.60. The lowest BCUT2D eigenvalue weighted by molar-refractivity contribution is -0.138. The van der Waals surface area contributed by atoms with Crippen molar-refractivity contribution in [2.24, 2.45) is 0 Å². The Morgan fingerprint density at radius 2 is 1.92 bits per heavy atom. The van der Waals surface area contributed by atoms with E-state index in [1.807, 2.05) is 0 Å². The number of ether oxygens (including phenoxy) is 1. The van der Waals surface area contributed by atoms with Crippen LogP contribution < -0.4 is 15.4 Å². The predicted octanol–water partition coefficient (Wildman–Crippen LogP) is 4.57. The lowest BCUT2D eigenvalue weighted by Crippen LogP contribution is -2.48. The molecule has 1 unspecified atom stereocenters. The maximum atomic E-state index is 13.5. The van der Waals surface area contributed by atoms with Crippen molar-refractivity contribution in [1.82, 2.24) is 20.6 Å². The second kappa shape index (κ2) is 10.3. The van der Waals surface area contributed by atoms with Gasteiger partial charge < -0.3 is 20.5 Å². The van der Waals surface area contributed by atoms with Crippen LogP contribution in [0.25, 0.3) is 0 Å². The van der Waals surface area contributed by atoms with Crippen LogP contribution >= 0.6 is 11.6 Å². The molecule has 0 bridgehead atoms. The van der Waals surface area contributed by atoms with Gasteiger partial charge in [-0.05, 0) is 61.7 Å². The molecule has 1 atom stereocenters. The van der Waals surface area contributed by atoms with E-state index in [1.54, 1.807) is 0 Å². The van der Waals surface area contributed by atoms with Crippen molar-refractivity contribution >= 4 is 23.4 Å². The minimum absolute atomic E-state index is 0.0364. The number of rotatable bonds is 8. The maximum absolute atomic E-state index is 13.5. The van der Waals surface area contributed by atoms with Crippen molar-refractivity contribution < 1.29 is 32.6 Å². The molecular formula is C25H22ClF3N4O4. The SMILES string of the molecule is CC(O)c1ccc(Oc2ccc(CNC(=O)C3(NC(=O)c4ccnc(Cl)c4)CC3)nc2)c(C(F)(F)F)c1. The summed E-state index contributed by atoms with van der Waals surface area (Å²) >= 11 is 5.81. The van der Waals surface area contributed by atoms with Crippen LogP contribution in [0.5, 0.6) is 11.5 Å². The number of carbonyl (C=O) groups is 2. The molecule has 4 rings (SSSR count). The molecule has 0 radical (unpaired) electrons. The van der Waals surface area contributed by atoms with Crippen molar-refractivity contribution in [3.05, 3.63) is 82.4 Å². The minimum atomic E-state index is -4.68. The smallest absolute Gasteiger partial charge is 0.419 e. The molecule has 2 heterocycles. The van der Waals surface area contributed by atoms with Crippen molar-refractivity contribution in [2.45, 2.75) is 44.1 Å². The predicted molar refractivity (Wildman–Crippen MR) is 127 cm³/mol. The van der Waals surface area contributed by atoms with Gasteiger partial charge in [-0.25, -0.2) is 4.98 Å². The zero-order chi connectivity index (χ0) is 26.8. The average Bonchev–Trinajstić information content (AvgIpc) is 3.63. The summed E-state index contributed by atoms with van der Waals surface area (Å²) in [6, 6.07) is 9.15. The summed E-state index contributed by atoms with van der Waals surface area (Å²) < 4.78 is 45.8. The van der Waals surface area contributed by atoms with E-state index in [-0.39, 0.29) is 34.5 Å². The number of alkyl halides is 3. The highest BCUT2D eigenvalue weighted by Crippen LogP contribution is 2.39. The number of nitrogens with zero attached hydrogens (tertiary/aromatic N) is 2. The molecule has 2 aromatic heterocycles. The quantitative estimate of drug-likeness (QED) is 0.365. The molecule has 3 N–H and O–H groups in total. The number of nitrogens with one attached hydrogen (secondary N) is 2. The standard InChI is InChI=1S/C25H22ClF3N4O4/c1-14(34)15-2-5-20(19(10-15)25(27,28)29)37-18-4-3-17(31-13-18)12-32-23(36)24(7-8-24)33-22(35)16-6-9-30-21(26)11-16/h2-6,9-11,13-14,34H,7-8,12H2,1H3,(H,32,36)(H,33,35). The second-order valence-corrected chi connectivity index (χ2v) is 8.99. The first-order valence-electron chi connectivity index (χ1n) is 11.2. The molecule has 0 saturated heterocycles. The molecule has 1 aliphatic carbocycles. The van der Waals surface area contributed by atoms with Crippen LogP contribution in [-0.4, -0.2) is 32.4 Å². The van der Waals surface area contributed by atoms with Gasteiger partial charge >= 0.3 is 6.18 Å². The molecule has 37 heavy (non-hydrogen) atoms. The zero-order valence-corrected chi connectivity index (χ0v) is 20.2. The topological polar surface area (TPSA) is 113 Å². The van der Waals surface area contributed by atoms with Crippen LogP contribution in [0.1, 0.15) is 53.0 Å². The Bertz CT molecular complexity index is 1310. The summed E-state index contributed by atoms with van der Waals surface area (Å²) in [6.07, 6.45) is -2.17. The molecule has 194 valence electrons. The van der Waals surface area contributed by atoms with Crippen molar-refractivity contribution in [3.8, 4) is 11.5 Å². The third-order valence-electron chi connectivity index (χ3n) is 5.77. The first-order valence-corrected chi connectivity index (χ1v) is 11.6. The Balaban J connectivity index is 1.36. The number of hydrogen-bond acceptors (Lipinski definition) is 6. The van der Waals surface area contributed by atoms with Gasteiger partial charge in [0, 0.05) is 11.8 Å². The number of carbonyl (C=O) groups excluding carboxylic acids is 2. The summed E-state index contributed by atoms with van der Waals surface area (Å²) in [4.78, 5) is 33.1. The number of aromatic nitrogens is 2. The third-order valence-corrected chi connectivity index (χ3v) is 5.98. The van der Waals surface area contributed by atoms with Gasteiger partial charge in [0.2, 0.25) is 5.91 Å². The summed E-state index contributed by atoms with van der Waals surface area (Å²) in [7, 11) is 0. The van der Waals surface area contributed by atoms with Crippen LogP contribution in [0.4, 0.5) is 13.2 Å². The fourth-order valence-corrected chi connectivity index (χ4v) is 3.70. The van der Waals surface area contributed by atoms with E-state index in [1.165, 1.54) is 49.6 Å². The highest BCUT2D eigenvalue weighted by Gasteiger charge is 2.51. The van der Waals surface area contributed by atoms with Gasteiger partial charge in [0.15, 0.2) is 0 Å². The van der Waals surface area contributed by atoms with Crippen LogP contribution in [0.15, 0.2) is 54.9 Å². The van der Waals surface area contributed by atoms with Gasteiger partial charge in [0.25, 0.3) is 5.91 Å². The van der Waals surface area contributed by atoms with Crippen LogP contribution in [0.2, 0.25) is 5.15 Å². The number of halogens is 4. The first-order chi connectivity index (χ1) is 17.5. The third kappa shape index (κ3) is 6.36. The first kappa shape index (κ1) is 26.4. The monoisotopic (exact) mass is 534 g/mol. The van der Waals surface area contributed by atoms with Gasteiger partial charge in [-0.3, -0.25) is 14.6 Å². The number of hydrogen-bond donors (Lipinski definition) is 3. The maximum Gasteiger partial charge on any atom is 0.419 e. The van der Waals surface area contributed by atoms with E-state index in [0.717, 1.165) is 12.1 Å². The molecule has 3 aromatic rings. The van der Waals surface area contributed by atoms with Crippen LogP contribution in [0.3, 0.4) is 0 Å². The highest BCUT2D eigenvalue weighted by molar-refractivity contribution is 6.29. The molecular weight excluding hydrogens is 513 g/mol. The minimum Gasteiger partial charge on any atom is -0.455 e. The molecule has 2 amide bonds. The number of aliphatic hydroxyl groups excluding tert-OH is 1. The fourth-order valence-electron chi connectivity index (χ4n) is 3.53. The molecule has 12 heteroatoms.